The van der Waals surface area contributed by atoms with Crippen LogP contribution in [0.2, 0.25) is 0 Å². The van der Waals surface area contributed by atoms with E-state index in [1.165, 1.54) is 7.11 Å². The number of amides is 1. The molecular formula is C13H15F2NO4. The Balaban J connectivity index is 2.75. The van der Waals surface area contributed by atoms with Gasteiger partial charge in [0.2, 0.25) is 0 Å². The molecule has 0 radical (unpaired) electrons. The van der Waals surface area contributed by atoms with Gasteiger partial charge in [-0.25, -0.2) is 13.6 Å². The smallest absolute Gasteiger partial charge is 0.326 e. The standard InChI is InChI=1S/C13H15F2NO4/c1-20-6-2-3-11(13(18)19)16-12(17)9-7-8(14)4-5-10(9)15/h4-5,7,11H,2-3,6H2,1H3,(H,16,17)(H,18,19). The monoisotopic (exact) mass is 287 g/mol. The third-order valence-corrected chi connectivity index (χ3v) is 2.62. The molecule has 1 aromatic carbocycles. The number of halogens is 2. The van der Waals surface area contributed by atoms with Gasteiger partial charge in [-0.1, -0.05) is 0 Å². The van der Waals surface area contributed by atoms with E-state index in [1.807, 2.05) is 0 Å². The zero-order valence-electron chi connectivity index (χ0n) is 10.9. The number of benzene rings is 1. The van der Waals surface area contributed by atoms with Gasteiger partial charge in [0.1, 0.15) is 17.7 Å². The van der Waals surface area contributed by atoms with E-state index in [9.17, 15) is 18.4 Å². The number of hydrogen-bond acceptors (Lipinski definition) is 3. The Bertz CT molecular complexity index is 493. The number of aliphatic carboxylic acids is 1. The molecule has 110 valence electrons. The van der Waals surface area contributed by atoms with Crippen LogP contribution in [-0.2, 0) is 9.53 Å². The van der Waals surface area contributed by atoms with Crippen molar-refractivity contribution in [2.75, 3.05) is 13.7 Å². The molecule has 1 aromatic rings. The van der Waals surface area contributed by atoms with Crippen molar-refractivity contribution in [2.24, 2.45) is 0 Å². The number of carboxylic acids is 1. The van der Waals surface area contributed by atoms with Gasteiger partial charge in [0, 0.05) is 13.7 Å². The summed E-state index contributed by atoms with van der Waals surface area (Å²) >= 11 is 0. The minimum Gasteiger partial charge on any atom is -0.480 e. The molecule has 0 heterocycles. The summed E-state index contributed by atoms with van der Waals surface area (Å²) in [4.78, 5) is 22.7. The fraction of sp³-hybridized carbons (Fsp3) is 0.385. The van der Waals surface area contributed by atoms with Gasteiger partial charge < -0.3 is 15.2 Å². The van der Waals surface area contributed by atoms with E-state index < -0.39 is 35.1 Å². The van der Waals surface area contributed by atoms with Crippen molar-refractivity contribution in [3.63, 3.8) is 0 Å². The summed E-state index contributed by atoms with van der Waals surface area (Å²) in [6.45, 7) is 0.341. The molecule has 0 bridgehead atoms. The molecule has 1 unspecified atom stereocenters. The largest absolute Gasteiger partial charge is 0.480 e. The SMILES string of the molecule is COCCCC(NC(=O)c1cc(F)ccc1F)C(=O)O. The van der Waals surface area contributed by atoms with Gasteiger partial charge in [0.15, 0.2) is 0 Å². The van der Waals surface area contributed by atoms with Crippen LogP contribution in [-0.4, -0.2) is 36.7 Å². The normalized spacial score (nSPS) is 11.9. The number of ether oxygens (including phenoxy) is 1. The van der Waals surface area contributed by atoms with Gasteiger partial charge in [0.25, 0.3) is 5.91 Å². The second-order valence-corrected chi connectivity index (χ2v) is 4.12. The summed E-state index contributed by atoms with van der Waals surface area (Å²) < 4.78 is 31.1. The van der Waals surface area contributed by atoms with Crippen LogP contribution in [0.15, 0.2) is 18.2 Å². The Kier molecular flexibility index (Phi) is 6.05. The highest BCUT2D eigenvalue weighted by atomic mass is 19.1. The fourth-order valence-corrected chi connectivity index (χ4v) is 1.60. The average Bonchev–Trinajstić information content (AvgIpc) is 2.40. The first kappa shape index (κ1) is 16.0. The van der Waals surface area contributed by atoms with Crippen LogP contribution < -0.4 is 5.32 Å². The van der Waals surface area contributed by atoms with Crippen LogP contribution in [0.3, 0.4) is 0 Å². The molecule has 1 amide bonds. The Hall–Kier alpha value is -2.02. The van der Waals surface area contributed by atoms with Crippen molar-refractivity contribution >= 4 is 11.9 Å². The first-order chi connectivity index (χ1) is 9.45. The lowest BCUT2D eigenvalue weighted by Gasteiger charge is -2.14. The second kappa shape index (κ2) is 7.54. The molecule has 0 saturated heterocycles. The maximum absolute atomic E-state index is 13.4. The van der Waals surface area contributed by atoms with Crippen LogP contribution in [0.25, 0.3) is 0 Å². The highest BCUT2D eigenvalue weighted by Gasteiger charge is 2.22. The summed E-state index contributed by atoms with van der Waals surface area (Å²) in [7, 11) is 1.47. The van der Waals surface area contributed by atoms with Gasteiger partial charge in [-0.05, 0) is 31.0 Å². The number of carbonyl (C=O) groups excluding carboxylic acids is 1. The lowest BCUT2D eigenvalue weighted by Crippen LogP contribution is -2.41. The average molecular weight is 287 g/mol. The number of rotatable bonds is 7. The highest BCUT2D eigenvalue weighted by Crippen LogP contribution is 2.10. The van der Waals surface area contributed by atoms with E-state index >= 15 is 0 Å². The predicted octanol–water partition coefficient (Wildman–Crippen LogP) is 1.57. The van der Waals surface area contributed by atoms with Crippen molar-refractivity contribution in [3.05, 3.63) is 35.4 Å². The van der Waals surface area contributed by atoms with Gasteiger partial charge in [-0.2, -0.15) is 0 Å². The van der Waals surface area contributed by atoms with Gasteiger partial charge >= 0.3 is 5.97 Å². The number of carboxylic acid groups (broad SMARTS) is 1. The van der Waals surface area contributed by atoms with E-state index in [0.717, 1.165) is 18.2 Å². The first-order valence-corrected chi connectivity index (χ1v) is 5.93. The molecule has 1 atom stereocenters. The zero-order chi connectivity index (χ0) is 15.1. The minimum absolute atomic E-state index is 0.131. The Morgan fingerprint density at radius 1 is 1.40 bits per heavy atom. The topological polar surface area (TPSA) is 75.6 Å². The second-order valence-electron chi connectivity index (χ2n) is 4.12. The molecule has 20 heavy (non-hydrogen) atoms. The molecule has 2 N–H and O–H groups in total. The lowest BCUT2D eigenvalue weighted by atomic mass is 10.1. The van der Waals surface area contributed by atoms with Gasteiger partial charge in [-0.3, -0.25) is 4.79 Å². The maximum atomic E-state index is 13.4. The fourth-order valence-electron chi connectivity index (χ4n) is 1.60. The van der Waals surface area contributed by atoms with E-state index in [0.29, 0.717) is 13.0 Å². The van der Waals surface area contributed by atoms with Crippen molar-refractivity contribution in [2.45, 2.75) is 18.9 Å². The minimum atomic E-state index is -1.24. The molecule has 0 aromatic heterocycles. The van der Waals surface area contributed by atoms with Crippen LogP contribution in [0.4, 0.5) is 8.78 Å². The molecule has 0 aliphatic carbocycles. The van der Waals surface area contributed by atoms with Crippen LogP contribution in [0, 0.1) is 11.6 Å². The number of methoxy groups -OCH3 is 1. The van der Waals surface area contributed by atoms with E-state index in [2.05, 4.69) is 5.32 Å². The lowest BCUT2D eigenvalue weighted by molar-refractivity contribution is -0.139. The quantitative estimate of drug-likeness (QED) is 0.746. The number of hydrogen-bond donors (Lipinski definition) is 2. The molecule has 0 aliphatic rings. The third kappa shape index (κ3) is 4.58. The van der Waals surface area contributed by atoms with Crippen molar-refractivity contribution in [3.8, 4) is 0 Å². The summed E-state index contributed by atoms with van der Waals surface area (Å²) in [5.41, 5.74) is -0.525. The maximum Gasteiger partial charge on any atom is 0.326 e. The Morgan fingerprint density at radius 3 is 2.70 bits per heavy atom. The Labute approximate surface area is 114 Å². The molecule has 0 spiro atoms. The first-order valence-electron chi connectivity index (χ1n) is 5.93. The van der Waals surface area contributed by atoms with Crippen LogP contribution in [0.1, 0.15) is 23.2 Å². The summed E-state index contributed by atoms with van der Waals surface area (Å²) in [5.74, 6) is -3.90. The number of nitrogens with one attached hydrogen (secondary N) is 1. The summed E-state index contributed by atoms with van der Waals surface area (Å²) in [6.07, 6.45) is 0.547. The van der Waals surface area contributed by atoms with Gasteiger partial charge in [-0.15, -0.1) is 0 Å². The van der Waals surface area contributed by atoms with Crippen LogP contribution >= 0.6 is 0 Å². The molecule has 0 saturated carbocycles. The summed E-state index contributed by atoms with van der Waals surface area (Å²) in [6, 6.07) is 1.23. The van der Waals surface area contributed by atoms with Crippen molar-refractivity contribution < 1.29 is 28.2 Å². The molecule has 5 nitrogen and oxygen atoms in total. The highest BCUT2D eigenvalue weighted by molar-refractivity contribution is 5.96. The zero-order valence-corrected chi connectivity index (χ0v) is 10.9. The molecule has 0 fully saturated rings. The number of carbonyl (C=O) groups is 2. The van der Waals surface area contributed by atoms with Crippen LogP contribution in [0.5, 0.6) is 0 Å². The van der Waals surface area contributed by atoms with E-state index in [-0.39, 0.29) is 6.42 Å². The van der Waals surface area contributed by atoms with E-state index in [1.54, 1.807) is 0 Å². The van der Waals surface area contributed by atoms with Gasteiger partial charge in [0.05, 0.1) is 5.56 Å². The predicted molar refractivity (Wildman–Crippen MR) is 66.4 cm³/mol. The molecule has 7 heteroatoms. The molecule has 0 aliphatic heterocycles. The third-order valence-electron chi connectivity index (χ3n) is 2.62. The van der Waals surface area contributed by atoms with E-state index in [4.69, 9.17) is 9.84 Å². The molecule has 1 rings (SSSR count). The summed E-state index contributed by atoms with van der Waals surface area (Å²) in [5, 5.41) is 11.1. The Morgan fingerprint density at radius 2 is 2.10 bits per heavy atom. The molecular weight excluding hydrogens is 272 g/mol. The van der Waals surface area contributed by atoms with Crippen molar-refractivity contribution in [1.29, 1.82) is 0 Å². The van der Waals surface area contributed by atoms with Crippen molar-refractivity contribution in [1.82, 2.24) is 5.32 Å².